The maximum Gasteiger partial charge on any atom is 0.127 e. The van der Waals surface area contributed by atoms with Crippen LogP contribution in [0.2, 0.25) is 0 Å². The van der Waals surface area contributed by atoms with E-state index in [0.717, 1.165) is 10.9 Å². The van der Waals surface area contributed by atoms with Crippen LogP contribution in [0.3, 0.4) is 0 Å². The first-order valence-electron chi connectivity index (χ1n) is 5.45. The zero-order valence-corrected chi connectivity index (χ0v) is 9.28. The lowest BCUT2D eigenvalue weighted by Crippen LogP contribution is -2.04. The zero-order valence-electron chi connectivity index (χ0n) is 9.28. The Morgan fingerprint density at radius 3 is 2.94 bits per heavy atom. The van der Waals surface area contributed by atoms with Gasteiger partial charge in [-0.1, -0.05) is 18.2 Å². The minimum atomic E-state index is -0.355. The van der Waals surface area contributed by atoms with Crippen LogP contribution in [-0.4, -0.2) is 18.2 Å². The molecule has 3 nitrogen and oxygen atoms in total. The van der Waals surface area contributed by atoms with Crippen LogP contribution in [0.1, 0.15) is 12.0 Å². The molecule has 0 aliphatic carbocycles. The summed E-state index contributed by atoms with van der Waals surface area (Å²) in [5.74, 6) is 0.619. The number of nitriles is 1. The van der Waals surface area contributed by atoms with E-state index in [2.05, 4.69) is 16.4 Å². The number of aromatic nitrogens is 1. The lowest BCUT2D eigenvalue weighted by Gasteiger charge is -2.06. The fourth-order valence-corrected chi connectivity index (χ4v) is 1.64. The summed E-state index contributed by atoms with van der Waals surface area (Å²) in [7, 11) is 0. The number of nitrogens with one attached hydrogen (secondary N) is 1. The van der Waals surface area contributed by atoms with Crippen LogP contribution in [0, 0.1) is 11.3 Å². The van der Waals surface area contributed by atoms with Crippen LogP contribution >= 0.6 is 0 Å². The number of hydrogen-bond acceptors (Lipinski definition) is 3. The highest BCUT2D eigenvalue weighted by Gasteiger charge is 2.04. The first-order chi connectivity index (χ1) is 8.35. The summed E-state index contributed by atoms with van der Waals surface area (Å²) in [6.07, 6.45) is 0.441. The molecule has 1 heterocycles. The molecular weight excluding hydrogens is 217 g/mol. The van der Waals surface area contributed by atoms with Crippen molar-refractivity contribution >= 4 is 16.7 Å². The molecule has 0 aliphatic heterocycles. The highest BCUT2D eigenvalue weighted by Crippen LogP contribution is 2.19. The number of alkyl halides is 1. The van der Waals surface area contributed by atoms with Crippen molar-refractivity contribution in [2.75, 3.05) is 18.5 Å². The number of rotatable bonds is 4. The second kappa shape index (κ2) is 5.26. The van der Waals surface area contributed by atoms with E-state index < -0.39 is 0 Å². The molecule has 0 atom stereocenters. The van der Waals surface area contributed by atoms with E-state index in [1.165, 1.54) is 0 Å². The van der Waals surface area contributed by atoms with Crippen LogP contribution in [-0.2, 0) is 0 Å². The van der Waals surface area contributed by atoms with Gasteiger partial charge in [0.1, 0.15) is 5.82 Å². The molecule has 1 aromatic heterocycles. The van der Waals surface area contributed by atoms with Crippen molar-refractivity contribution in [2.24, 2.45) is 0 Å². The molecule has 0 unspecified atom stereocenters. The van der Waals surface area contributed by atoms with E-state index >= 15 is 0 Å². The van der Waals surface area contributed by atoms with Crippen LogP contribution in [0.4, 0.5) is 10.2 Å². The number of benzene rings is 1. The summed E-state index contributed by atoms with van der Waals surface area (Å²) >= 11 is 0. The Morgan fingerprint density at radius 2 is 2.18 bits per heavy atom. The average Bonchev–Trinajstić information content (AvgIpc) is 2.38. The fourth-order valence-electron chi connectivity index (χ4n) is 1.64. The van der Waals surface area contributed by atoms with E-state index in [0.29, 0.717) is 24.3 Å². The Morgan fingerprint density at radius 1 is 1.35 bits per heavy atom. The van der Waals surface area contributed by atoms with Crippen LogP contribution in [0.5, 0.6) is 0 Å². The molecule has 1 aromatic carbocycles. The molecule has 0 amide bonds. The molecule has 0 fully saturated rings. The van der Waals surface area contributed by atoms with Gasteiger partial charge < -0.3 is 5.32 Å². The maximum atomic E-state index is 12.0. The molecule has 0 aliphatic rings. The van der Waals surface area contributed by atoms with Crippen molar-refractivity contribution in [3.05, 3.63) is 35.9 Å². The van der Waals surface area contributed by atoms with Crippen molar-refractivity contribution in [1.29, 1.82) is 5.26 Å². The summed E-state index contributed by atoms with van der Waals surface area (Å²) in [4.78, 5) is 4.37. The maximum absolute atomic E-state index is 12.0. The predicted octanol–water partition coefficient (Wildman–Crippen LogP) is 2.88. The van der Waals surface area contributed by atoms with Crippen LogP contribution in [0.15, 0.2) is 30.3 Å². The van der Waals surface area contributed by atoms with E-state index in [1.807, 2.05) is 24.3 Å². The Kier molecular flexibility index (Phi) is 3.51. The number of fused-ring (bicyclic) bond motifs is 1. The highest BCUT2D eigenvalue weighted by molar-refractivity contribution is 5.86. The molecule has 1 N–H and O–H groups in total. The first kappa shape index (κ1) is 11.3. The number of pyridine rings is 1. The fraction of sp³-hybridized carbons (Fsp3) is 0.231. The number of halogens is 1. The van der Waals surface area contributed by atoms with Crippen LogP contribution < -0.4 is 5.32 Å². The Bertz CT molecular complexity index is 560. The Labute approximate surface area is 98.9 Å². The largest absolute Gasteiger partial charge is 0.370 e. The number of anilines is 1. The standard InChI is InChI=1S/C13H12FN3/c14-6-3-7-16-13-8-10(9-15)11-4-1-2-5-12(11)17-13/h1-2,4-5,8H,3,6-7H2,(H,16,17). The Balaban J connectivity index is 2.36. The molecule has 0 saturated carbocycles. The van der Waals surface area contributed by atoms with E-state index in [4.69, 9.17) is 5.26 Å². The van der Waals surface area contributed by atoms with Gasteiger partial charge >= 0.3 is 0 Å². The monoisotopic (exact) mass is 229 g/mol. The predicted molar refractivity (Wildman–Crippen MR) is 65.5 cm³/mol. The van der Waals surface area contributed by atoms with Crippen molar-refractivity contribution in [3.63, 3.8) is 0 Å². The SMILES string of the molecule is N#Cc1cc(NCCCF)nc2ccccc12. The van der Waals surface area contributed by atoms with Crippen molar-refractivity contribution in [1.82, 2.24) is 4.98 Å². The van der Waals surface area contributed by atoms with Gasteiger partial charge in [0.05, 0.1) is 23.8 Å². The first-order valence-corrected chi connectivity index (χ1v) is 5.45. The molecule has 2 aromatic rings. The minimum Gasteiger partial charge on any atom is -0.370 e. The highest BCUT2D eigenvalue weighted by atomic mass is 19.1. The molecule has 0 bridgehead atoms. The topological polar surface area (TPSA) is 48.7 Å². The van der Waals surface area contributed by atoms with Gasteiger partial charge in [-0.05, 0) is 18.6 Å². The molecule has 17 heavy (non-hydrogen) atoms. The molecule has 0 spiro atoms. The Hall–Kier alpha value is -2.15. The second-order valence-corrected chi connectivity index (χ2v) is 3.65. The average molecular weight is 229 g/mol. The number of hydrogen-bond donors (Lipinski definition) is 1. The summed E-state index contributed by atoms with van der Waals surface area (Å²) in [6.45, 7) is 0.165. The van der Waals surface area contributed by atoms with E-state index in [-0.39, 0.29) is 6.67 Å². The minimum absolute atomic E-state index is 0.355. The van der Waals surface area contributed by atoms with Gasteiger partial charge in [0.2, 0.25) is 0 Å². The molecule has 0 radical (unpaired) electrons. The van der Waals surface area contributed by atoms with Gasteiger partial charge in [0, 0.05) is 11.9 Å². The van der Waals surface area contributed by atoms with Crippen LogP contribution in [0.25, 0.3) is 10.9 Å². The third-order valence-electron chi connectivity index (χ3n) is 2.45. The van der Waals surface area contributed by atoms with Crippen molar-refractivity contribution < 1.29 is 4.39 Å². The van der Waals surface area contributed by atoms with Gasteiger partial charge in [0.25, 0.3) is 0 Å². The molecule has 4 heteroatoms. The normalized spacial score (nSPS) is 10.1. The van der Waals surface area contributed by atoms with Gasteiger partial charge in [-0.2, -0.15) is 5.26 Å². The lowest BCUT2D eigenvalue weighted by molar-refractivity contribution is 0.481. The van der Waals surface area contributed by atoms with Gasteiger partial charge in [-0.3, -0.25) is 4.39 Å². The van der Waals surface area contributed by atoms with Crippen molar-refractivity contribution in [3.8, 4) is 6.07 Å². The molecule has 86 valence electrons. The molecular formula is C13H12FN3. The summed E-state index contributed by atoms with van der Waals surface area (Å²) in [6, 6.07) is 11.3. The number of nitrogens with zero attached hydrogens (tertiary/aromatic N) is 2. The van der Waals surface area contributed by atoms with Gasteiger partial charge in [0.15, 0.2) is 0 Å². The van der Waals surface area contributed by atoms with Gasteiger partial charge in [-0.15, -0.1) is 0 Å². The second-order valence-electron chi connectivity index (χ2n) is 3.65. The summed E-state index contributed by atoms with van der Waals surface area (Å²) in [5, 5.41) is 12.9. The third kappa shape index (κ3) is 2.51. The molecule has 0 saturated heterocycles. The smallest absolute Gasteiger partial charge is 0.127 e. The van der Waals surface area contributed by atoms with Crippen molar-refractivity contribution in [2.45, 2.75) is 6.42 Å². The quantitative estimate of drug-likeness (QED) is 0.820. The van der Waals surface area contributed by atoms with E-state index in [1.54, 1.807) is 6.07 Å². The summed E-state index contributed by atoms with van der Waals surface area (Å²) in [5.41, 5.74) is 1.35. The number of para-hydroxylation sites is 1. The lowest BCUT2D eigenvalue weighted by atomic mass is 10.1. The third-order valence-corrected chi connectivity index (χ3v) is 2.45. The van der Waals surface area contributed by atoms with E-state index in [9.17, 15) is 4.39 Å². The zero-order chi connectivity index (χ0) is 12.1. The molecule has 2 rings (SSSR count). The van der Waals surface area contributed by atoms with Gasteiger partial charge in [-0.25, -0.2) is 4.98 Å². The summed E-state index contributed by atoms with van der Waals surface area (Å²) < 4.78 is 12.0.